The number of nitrogens with one attached hydrogen (secondary N) is 2. The van der Waals surface area contributed by atoms with Gasteiger partial charge in [-0.3, -0.25) is 4.79 Å². The standard InChI is InChI=1S/C21H22N4O2/c1-13-9-10-19(27-4)18(11-13)24-20(26)16-7-5-6-8-17(16)25-21-22-14(2)12-15(3)23-21/h5-12H,1-4H3,(H,24,26)(H,22,23,25). The number of carbonyl (C=O) groups is 1. The molecule has 0 aliphatic rings. The SMILES string of the molecule is COc1ccc(C)cc1NC(=O)c1ccccc1Nc1nc(C)cc(C)n1. The van der Waals surface area contributed by atoms with Gasteiger partial charge in [-0.2, -0.15) is 0 Å². The smallest absolute Gasteiger partial charge is 0.257 e. The normalized spacial score (nSPS) is 10.4. The van der Waals surface area contributed by atoms with Crippen molar-refractivity contribution in [3.8, 4) is 5.75 Å². The lowest BCUT2D eigenvalue weighted by Crippen LogP contribution is -2.15. The first-order valence-corrected chi connectivity index (χ1v) is 8.60. The van der Waals surface area contributed by atoms with E-state index in [1.807, 2.05) is 63.2 Å². The first-order chi connectivity index (χ1) is 13.0. The third-order valence-electron chi connectivity index (χ3n) is 4.00. The summed E-state index contributed by atoms with van der Waals surface area (Å²) in [5.41, 5.74) is 4.49. The first kappa shape index (κ1) is 18.4. The summed E-state index contributed by atoms with van der Waals surface area (Å²) in [6, 6.07) is 14.8. The number of ether oxygens (including phenoxy) is 1. The summed E-state index contributed by atoms with van der Waals surface area (Å²) >= 11 is 0. The Balaban J connectivity index is 1.89. The zero-order valence-electron chi connectivity index (χ0n) is 15.8. The van der Waals surface area contributed by atoms with Crippen LogP contribution in [0.25, 0.3) is 0 Å². The van der Waals surface area contributed by atoms with E-state index in [4.69, 9.17) is 4.74 Å². The topological polar surface area (TPSA) is 76.1 Å². The molecular weight excluding hydrogens is 340 g/mol. The van der Waals surface area contributed by atoms with Gasteiger partial charge in [-0.25, -0.2) is 9.97 Å². The summed E-state index contributed by atoms with van der Waals surface area (Å²) in [5, 5.41) is 6.07. The van der Waals surface area contributed by atoms with Gasteiger partial charge in [0.15, 0.2) is 0 Å². The number of amides is 1. The second-order valence-corrected chi connectivity index (χ2v) is 6.30. The summed E-state index contributed by atoms with van der Waals surface area (Å²) in [6.45, 7) is 5.77. The Labute approximate surface area is 158 Å². The molecule has 0 saturated heterocycles. The number of carbonyl (C=O) groups excluding carboxylic acids is 1. The third-order valence-corrected chi connectivity index (χ3v) is 4.00. The molecule has 6 nitrogen and oxygen atoms in total. The Morgan fingerprint density at radius 2 is 1.63 bits per heavy atom. The van der Waals surface area contributed by atoms with Crippen LogP contribution in [0.1, 0.15) is 27.3 Å². The number of rotatable bonds is 5. The van der Waals surface area contributed by atoms with Crippen molar-refractivity contribution in [2.75, 3.05) is 17.7 Å². The second-order valence-electron chi connectivity index (χ2n) is 6.30. The van der Waals surface area contributed by atoms with Gasteiger partial charge in [0, 0.05) is 11.4 Å². The number of aromatic nitrogens is 2. The van der Waals surface area contributed by atoms with E-state index in [9.17, 15) is 4.79 Å². The predicted molar refractivity (Wildman–Crippen MR) is 107 cm³/mol. The summed E-state index contributed by atoms with van der Waals surface area (Å²) in [5.74, 6) is 0.823. The maximum absolute atomic E-state index is 12.9. The molecule has 6 heteroatoms. The van der Waals surface area contributed by atoms with Crippen molar-refractivity contribution in [1.29, 1.82) is 0 Å². The molecule has 1 aromatic heterocycles. The molecule has 0 atom stereocenters. The molecule has 3 rings (SSSR count). The Morgan fingerprint density at radius 3 is 2.33 bits per heavy atom. The highest BCUT2D eigenvalue weighted by Crippen LogP contribution is 2.27. The molecule has 0 spiro atoms. The summed E-state index contributed by atoms with van der Waals surface area (Å²) in [6.07, 6.45) is 0. The van der Waals surface area contributed by atoms with Crippen LogP contribution in [0.15, 0.2) is 48.5 Å². The van der Waals surface area contributed by atoms with Crippen molar-refractivity contribution >= 4 is 23.2 Å². The lowest BCUT2D eigenvalue weighted by Gasteiger charge is -2.14. The maximum atomic E-state index is 12.9. The number of benzene rings is 2. The van der Waals surface area contributed by atoms with E-state index in [-0.39, 0.29) is 5.91 Å². The zero-order chi connectivity index (χ0) is 19.4. The predicted octanol–water partition coefficient (Wildman–Crippen LogP) is 4.41. The fourth-order valence-corrected chi connectivity index (χ4v) is 2.80. The van der Waals surface area contributed by atoms with Crippen LogP contribution in [-0.2, 0) is 0 Å². The zero-order valence-corrected chi connectivity index (χ0v) is 15.8. The van der Waals surface area contributed by atoms with Crippen molar-refractivity contribution in [3.63, 3.8) is 0 Å². The van der Waals surface area contributed by atoms with E-state index < -0.39 is 0 Å². The van der Waals surface area contributed by atoms with Crippen LogP contribution in [-0.4, -0.2) is 23.0 Å². The molecule has 3 aromatic rings. The molecule has 1 amide bonds. The largest absolute Gasteiger partial charge is 0.495 e. The van der Waals surface area contributed by atoms with Gasteiger partial charge in [0.1, 0.15) is 5.75 Å². The van der Waals surface area contributed by atoms with Gasteiger partial charge in [-0.15, -0.1) is 0 Å². The van der Waals surface area contributed by atoms with Gasteiger partial charge in [0.2, 0.25) is 5.95 Å². The summed E-state index contributed by atoms with van der Waals surface area (Å²) in [7, 11) is 1.58. The maximum Gasteiger partial charge on any atom is 0.257 e. The molecule has 0 fully saturated rings. The van der Waals surface area contributed by atoms with Crippen LogP contribution in [0.2, 0.25) is 0 Å². The Bertz CT molecular complexity index is 965. The molecule has 0 aliphatic carbocycles. The van der Waals surface area contributed by atoms with Crippen molar-refractivity contribution in [3.05, 3.63) is 71.0 Å². The van der Waals surface area contributed by atoms with Crippen LogP contribution >= 0.6 is 0 Å². The van der Waals surface area contributed by atoms with Crippen LogP contribution < -0.4 is 15.4 Å². The monoisotopic (exact) mass is 362 g/mol. The molecule has 27 heavy (non-hydrogen) atoms. The molecule has 138 valence electrons. The highest BCUT2D eigenvalue weighted by Gasteiger charge is 2.14. The van der Waals surface area contributed by atoms with Crippen molar-refractivity contribution in [2.45, 2.75) is 20.8 Å². The lowest BCUT2D eigenvalue weighted by atomic mass is 10.1. The van der Waals surface area contributed by atoms with Crippen molar-refractivity contribution < 1.29 is 9.53 Å². The van der Waals surface area contributed by atoms with Gasteiger partial charge in [0.25, 0.3) is 5.91 Å². The molecule has 0 aliphatic heterocycles. The number of aryl methyl sites for hydroxylation is 3. The number of anilines is 3. The van der Waals surface area contributed by atoms with Gasteiger partial charge < -0.3 is 15.4 Å². The molecule has 2 aromatic carbocycles. The van der Waals surface area contributed by atoms with Crippen LogP contribution in [0.5, 0.6) is 5.75 Å². The molecule has 0 saturated carbocycles. The number of hydrogen-bond acceptors (Lipinski definition) is 5. The number of nitrogens with zero attached hydrogens (tertiary/aromatic N) is 2. The average Bonchev–Trinajstić information content (AvgIpc) is 2.61. The minimum Gasteiger partial charge on any atom is -0.495 e. The van der Waals surface area contributed by atoms with E-state index in [2.05, 4.69) is 20.6 Å². The van der Waals surface area contributed by atoms with Gasteiger partial charge in [-0.05, 0) is 56.7 Å². The lowest BCUT2D eigenvalue weighted by molar-refractivity contribution is 0.102. The molecule has 1 heterocycles. The molecular formula is C21H22N4O2. The third kappa shape index (κ3) is 4.41. The van der Waals surface area contributed by atoms with E-state index >= 15 is 0 Å². The van der Waals surface area contributed by atoms with Gasteiger partial charge >= 0.3 is 0 Å². The van der Waals surface area contributed by atoms with E-state index in [1.165, 1.54) is 0 Å². The molecule has 0 bridgehead atoms. The van der Waals surface area contributed by atoms with Crippen molar-refractivity contribution in [1.82, 2.24) is 9.97 Å². The fraction of sp³-hybridized carbons (Fsp3) is 0.190. The Hall–Kier alpha value is -3.41. The Kier molecular flexibility index (Phi) is 5.35. The highest BCUT2D eigenvalue weighted by atomic mass is 16.5. The molecule has 0 radical (unpaired) electrons. The van der Waals surface area contributed by atoms with Crippen LogP contribution in [0.4, 0.5) is 17.3 Å². The number of methoxy groups -OCH3 is 1. The van der Waals surface area contributed by atoms with Crippen LogP contribution in [0.3, 0.4) is 0 Å². The number of para-hydroxylation sites is 1. The first-order valence-electron chi connectivity index (χ1n) is 8.60. The van der Waals surface area contributed by atoms with Crippen molar-refractivity contribution in [2.24, 2.45) is 0 Å². The minimum atomic E-state index is -0.244. The van der Waals surface area contributed by atoms with E-state index in [1.54, 1.807) is 13.2 Å². The molecule has 2 N–H and O–H groups in total. The quantitative estimate of drug-likeness (QED) is 0.703. The van der Waals surface area contributed by atoms with Gasteiger partial charge in [0.05, 0.1) is 24.0 Å². The minimum absolute atomic E-state index is 0.244. The number of hydrogen-bond donors (Lipinski definition) is 2. The fourth-order valence-electron chi connectivity index (χ4n) is 2.80. The van der Waals surface area contributed by atoms with Crippen LogP contribution in [0, 0.1) is 20.8 Å². The molecule has 0 unspecified atom stereocenters. The summed E-state index contributed by atoms with van der Waals surface area (Å²) in [4.78, 5) is 21.6. The summed E-state index contributed by atoms with van der Waals surface area (Å²) < 4.78 is 5.34. The Morgan fingerprint density at radius 1 is 0.926 bits per heavy atom. The average molecular weight is 362 g/mol. The second kappa shape index (κ2) is 7.86. The van der Waals surface area contributed by atoms with E-state index in [0.29, 0.717) is 28.6 Å². The van der Waals surface area contributed by atoms with Gasteiger partial charge in [-0.1, -0.05) is 18.2 Å². The van der Waals surface area contributed by atoms with E-state index in [0.717, 1.165) is 17.0 Å². The highest BCUT2D eigenvalue weighted by molar-refractivity contribution is 6.09.